The predicted octanol–water partition coefficient (Wildman–Crippen LogP) is 5.55. The molecule has 0 aliphatic carbocycles. The maximum atomic E-state index is 5.35. The molecule has 106 valence electrons. The zero-order chi connectivity index (χ0) is 14.9. The van der Waals surface area contributed by atoms with Crippen molar-refractivity contribution < 1.29 is 0 Å². The van der Waals surface area contributed by atoms with E-state index >= 15 is 0 Å². The van der Waals surface area contributed by atoms with Crippen molar-refractivity contribution in [2.24, 2.45) is 0 Å². The zero-order valence-corrected chi connectivity index (χ0v) is 15.6. The summed E-state index contributed by atoms with van der Waals surface area (Å²) < 4.78 is 2.57. The molecule has 20 heavy (non-hydrogen) atoms. The average Bonchev–Trinajstić information content (AvgIpc) is 2.32. The first-order valence-electron chi connectivity index (χ1n) is 6.31. The minimum absolute atomic E-state index is 0.0125. The van der Waals surface area contributed by atoms with Crippen LogP contribution in [0.25, 0.3) is 0 Å². The van der Waals surface area contributed by atoms with Gasteiger partial charge in [0.25, 0.3) is 0 Å². The van der Waals surface area contributed by atoms with E-state index in [1.807, 2.05) is 12.1 Å². The summed E-state index contributed by atoms with van der Waals surface area (Å²) in [4.78, 5) is 7.89. The summed E-state index contributed by atoms with van der Waals surface area (Å²) in [5.74, 6) is 0.890. The number of hydrogen-bond donors (Lipinski definition) is 1. The highest BCUT2D eigenvalue weighted by Crippen LogP contribution is 2.28. The SMILES string of the molecule is CC(C)(C)c1[nH]c(Cc2cccc(Br)c2)nc(=S)c1Br. The van der Waals surface area contributed by atoms with Crippen molar-refractivity contribution in [1.82, 2.24) is 9.97 Å². The van der Waals surface area contributed by atoms with Crippen LogP contribution < -0.4 is 0 Å². The van der Waals surface area contributed by atoms with Crippen LogP contribution in [0.2, 0.25) is 0 Å². The van der Waals surface area contributed by atoms with Crippen LogP contribution in [0.1, 0.15) is 37.9 Å². The van der Waals surface area contributed by atoms with Crippen LogP contribution in [-0.2, 0) is 11.8 Å². The van der Waals surface area contributed by atoms with Gasteiger partial charge in [-0.25, -0.2) is 4.98 Å². The molecular weight excluding hydrogens is 400 g/mol. The highest BCUT2D eigenvalue weighted by atomic mass is 79.9. The Morgan fingerprint density at radius 3 is 2.55 bits per heavy atom. The summed E-state index contributed by atoms with van der Waals surface area (Å²) in [5, 5.41) is 0. The Morgan fingerprint density at radius 2 is 1.95 bits per heavy atom. The molecule has 1 aromatic carbocycles. The Kier molecular flexibility index (Phi) is 4.82. The molecule has 0 atom stereocenters. The Labute approximate surface area is 141 Å². The maximum Gasteiger partial charge on any atom is 0.144 e. The highest BCUT2D eigenvalue weighted by Gasteiger charge is 2.20. The number of H-pyrrole nitrogens is 1. The monoisotopic (exact) mass is 414 g/mol. The largest absolute Gasteiger partial charge is 0.345 e. The van der Waals surface area contributed by atoms with Crippen LogP contribution in [0.3, 0.4) is 0 Å². The van der Waals surface area contributed by atoms with Gasteiger partial charge in [-0.3, -0.25) is 0 Å². The van der Waals surface area contributed by atoms with Crippen molar-refractivity contribution in [1.29, 1.82) is 0 Å². The Bertz CT molecular complexity index is 687. The van der Waals surface area contributed by atoms with Gasteiger partial charge in [-0.15, -0.1) is 0 Å². The molecule has 1 aromatic heterocycles. The van der Waals surface area contributed by atoms with Crippen molar-refractivity contribution in [2.75, 3.05) is 0 Å². The van der Waals surface area contributed by atoms with E-state index < -0.39 is 0 Å². The second-order valence-corrected chi connectivity index (χ2v) is 7.83. The van der Waals surface area contributed by atoms with Crippen molar-refractivity contribution in [2.45, 2.75) is 32.6 Å². The Balaban J connectivity index is 2.44. The first-order chi connectivity index (χ1) is 9.27. The lowest BCUT2D eigenvalue weighted by atomic mass is 9.92. The molecule has 0 spiro atoms. The van der Waals surface area contributed by atoms with Gasteiger partial charge in [0.05, 0.1) is 4.47 Å². The predicted molar refractivity (Wildman–Crippen MR) is 92.8 cm³/mol. The van der Waals surface area contributed by atoms with E-state index in [0.29, 0.717) is 4.64 Å². The number of aromatic nitrogens is 2. The molecule has 0 saturated carbocycles. The highest BCUT2D eigenvalue weighted by molar-refractivity contribution is 9.10. The van der Waals surface area contributed by atoms with Crippen molar-refractivity contribution in [3.63, 3.8) is 0 Å². The van der Waals surface area contributed by atoms with Gasteiger partial charge >= 0.3 is 0 Å². The fraction of sp³-hybridized carbons (Fsp3) is 0.333. The quantitative estimate of drug-likeness (QED) is 0.651. The first kappa shape index (κ1) is 15.9. The van der Waals surface area contributed by atoms with Gasteiger partial charge in [-0.2, -0.15) is 0 Å². The third-order valence-electron chi connectivity index (χ3n) is 2.92. The summed E-state index contributed by atoms with van der Waals surface area (Å²) in [6.07, 6.45) is 0.736. The second kappa shape index (κ2) is 6.08. The normalized spacial score (nSPS) is 11.7. The maximum absolute atomic E-state index is 5.35. The molecule has 0 fully saturated rings. The van der Waals surface area contributed by atoms with E-state index in [0.717, 1.165) is 26.9 Å². The molecule has 0 unspecified atom stereocenters. The minimum atomic E-state index is -0.0125. The smallest absolute Gasteiger partial charge is 0.144 e. The number of nitrogens with one attached hydrogen (secondary N) is 1. The van der Waals surface area contributed by atoms with E-state index in [-0.39, 0.29) is 5.41 Å². The van der Waals surface area contributed by atoms with Gasteiger partial charge in [0.1, 0.15) is 10.5 Å². The van der Waals surface area contributed by atoms with Gasteiger partial charge in [-0.05, 0) is 33.6 Å². The van der Waals surface area contributed by atoms with Gasteiger partial charge < -0.3 is 4.98 Å². The molecule has 0 aliphatic rings. The van der Waals surface area contributed by atoms with Gasteiger partial charge in [0, 0.05) is 22.0 Å². The number of benzene rings is 1. The summed E-state index contributed by atoms with van der Waals surface area (Å²) in [6, 6.07) is 8.22. The number of aromatic amines is 1. The van der Waals surface area contributed by atoms with Gasteiger partial charge in [0.2, 0.25) is 0 Å². The van der Waals surface area contributed by atoms with E-state index in [1.54, 1.807) is 0 Å². The van der Waals surface area contributed by atoms with Crippen LogP contribution >= 0.6 is 44.1 Å². The molecule has 2 rings (SSSR count). The Hall–Kier alpha value is -0.520. The van der Waals surface area contributed by atoms with Crippen LogP contribution in [0.15, 0.2) is 33.2 Å². The molecule has 1 heterocycles. The van der Waals surface area contributed by atoms with E-state index in [1.165, 1.54) is 5.56 Å². The molecule has 5 heteroatoms. The van der Waals surface area contributed by atoms with Crippen LogP contribution in [0.5, 0.6) is 0 Å². The van der Waals surface area contributed by atoms with Crippen molar-refractivity contribution >= 4 is 44.1 Å². The number of hydrogen-bond acceptors (Lipinski definition) is 2. The fourth-order valence-electron chi connectivity index (χ4n) is 1.95. The third-order valence-corrected chi connectivity index (χ3v) is 4.75. The summed E-state index contributed by atoms with van der Waals surface area (Å²) in [6.45, 7) is 6.46. The van der Waals surface area contributed by atoms with Crippen LogP contribution in [0.4, 0.5) is 0 Å². The summed E-state index contributed by atoms with van der Waals surface area (Å²) in [7, 11) is 0. The lowest BCUT2D eigenvalue weighted by Gasteiger charge is -2.21. The van der Waals surface area contributed by atoms with Gasteiger partial charge in [-0.1, -0.05) is 61.1 Å². The topological polar surface area (TPSA) is 28.7 Å². The lowest BCUT2D eigenvalue weighted by Crippen LogP contribution is -2.17. The molecule has 0 saturated heterocycles. The minimum Gasteiger partial charge on any atom is -0.345 e. The lowest BCUT2D eigenvalue weighted by molar-refractivity contribution is 0.558. The van der Waals surface area contributed by atoms with Gasteiger partial charge in [0.15, 0.2) is 0 Å². The molecule has 2 nitrogen and oxygen atoms in total. The standard InChI is InChI=1S/C15H16Br2N2S/c1-15(2,3)13-12(17)14(20)19-11(18-13)8-9-5-4-6-10(16)7-9/h4-7H,8H2,1-3H3,(H,18,19,20). The molecule has 2 aromatic rings. The van der Waals surface area contributed by atoms with E-state index in [9.17, 15) is 0 Å². The summed E-state index contributed by atoms with van der Waals surface area (Å²) >= 11 is 12.4. The number of rotatable bonds is 2. The average molecular weight is 416 g/mol. The summed E-state index contributed by atoms with van der Waals surface area (Å²) in [5.41, 5.74) is 2.27. The molecule has 0 aliphatic heterocycles. The second-order valence-electron chi connectivity index (χ2n) is 5.73. The first-order valence-corrected chi connectivity index (χ1v) is 8.30. The van der Waals surface area contributed by atoms with E-state index in [4.69, 9.17) is 12.2 Å². The Morgan fingerprint density at radius 1 is 1.25 bits per heavy atom. The van der Waals surface area contributed by atoms with Crippen molar-refractivity contribution in [3.8, 4) is 0 Å². The van der Waals surface area contributed by atoms with Crippen LogP contribution in [-0.4, -0.2) is 9.97 Å². The molecule has 0 amide bonds. The number of nitrogens with zero attached hydrogens (tertiary/aromatic N) is 1. The molecule has 0 bridgehead atoms. The van der Waals surface area contributed by atoms with E-state index in [2.05, 4.69) is 74.7 Å². The molecular formula is C15H16Br2N2S. The molecule has 0 radical (unpaired) electrons. The number of halogens is 2. The molecule has 1 N–H and O–H groups in total. The third kappa shape index (κ3) is 3.77. The van der Waals surface area contributed by atoms with Crippen molar-refractivity contribution in [3.05, 3.63) is 54.9 Å². The zero-order valence-electron chi connectivity index (χ0n) is 11.6. The fourth-order valence-corrected chi connectivity index (χ4v) is 3.39. The van der Waals surface area contributed by atoms with Crippen LogP contribution in [0, 0.1) is 4.64 Å².